The molecule has 0 aliphatic heterocycles. The van der Waals surface area contributed by atoms with Gasteiger partial charge >= 0.3 is 0 Å². The highest BCUT2D eigenvalue weighted by molar-refractivity contribution is 5.25. The molecular formula is C10H12FNO2. The molecular weight excluding hydrogens is 185 g/mol. The summed E-state index contributed by atoms with van der Waals surface area (Å²) in [5.41, 5.74) is 0.356. The van der Waals surface area contributed by atoms with Gasteiger partial charge in [0.15, 0.2) is 0 Å². The maximum atomic E-state index is 12.7. The summed E-state index contributed by atoms with van der Waals surface area (Å²) < 4.78 is 17.9. The van der Waals surface area contributed by atoms with Gasteiger partial charge in [-0.25, -0.2) is 9.37 Å². The second kappa shape index (κ2) is 5.34. The molecule has 3 nitrogen and oxygen atoms in total. The molecule has 1 rings (SSSR count). The van der Waals surface area contributed by atoms with Crippen LogP contribution in [0.5, 0.6) is 5.88 Å². The summed E-state index contributed by atoms with van der Waals surface area (Å²) in [5.74, 6) is -0.208. The van der Waals surface area contributed by atoms with Crippen LogP contribution in [0.25, 0.3) is 0 Å². The van der Waals surface area contributed by atoms with Gasteiger partial charge in [0.2, 0.25) is 5.88 Å². The number of hydrogen-bond donors (Lipinski definition) is 1. The van der Waals surface area contributed by atoms with Crippen LogP contribution in [-0.2, 0) is 6.61 Å². The first-order valence-corrected chi connectivity index (χ1v) is 4.27. The number of aromatic nitrogens is 1. The zero-order chi connectivity index (χ0) is 10.4. The molecule has 76 valence electrons. The first-order valence-electron chi connectivity index (χ1n) is 4.27. The van der Waals surface area contributed by atoms with Crippen LogP contribution in [0.4, 0.5) is 4.39 Å². The van der Waals surface area contributed by atoms with E-state index in [0.29, 0.717) is 18.6 Å². The Balaban J connectivity index is 2.69. The number of nitrogens with zero attached hydrogens (tertiary/aromatic N) is 1. The van der Waals surface area contributed by atoms with E-state index in [1.807, 2.05) is 0 Å². The van der Waals surface area contributed by atoms with Crippen LogP contribution in [0, 0.1) is 5.82 Å². The van der Waals surface area contributed by atoms with Crippen molar-refractivity contribution in [3.05, 3.63) is 36.3 Å². The summed E-state index contributed by atoms with van der Waals surface area (Å²) >= 11 is 0. The maximum Gasteiger partial charge on any atom is 0.219 e. The van der Waals surface area contributed by atoms with Crippen LogP contribution in [0.15, 0.2) is 24.9 Å². The van der Waals surface area contributed by atoms with Crippen LogP contribution < -0.4 is 4.74 Å². The smallest absolute Gasteiger partial charge is 0.219 e. The number of rotatable bonds is 5. The van der Waals surface area contributed by atoms with Crippen molar-refractivity contribution in [2.45, 2.75) is 13.0 Å². The molecule has 0 unspecified atom stereocenters. The molecule has 0 aromatic carbocycles. The third-order valence-electron chi connectivity index (χ3n) is 1.62. The lowest BCUT2D eigenvalue weighted by Gasteiger charge is -2.07. The summed E-state index contributed by atoms with van der Waals surface area (Å²) in [6.45, 7) is 3.68. The minimum Gasteiger partial charge on any atom is -0.477 e. The number of ether oxygens (including phenoxy) is 1. The molecule has 0 bridgehead atoms. The lowest BCUT2D eigenvalue weighted by atomic mass is 10.3. The van der Waals surface area contributed by atoms with Gasteiger partial charge in [-0.3, -0.25) is 0 Å². The van der Waals surface area contributed by atoms with Crippen molar-refractivity contribution in [2.24, 2.45) is 0 Å². The Morgan fingerprint density at radius 1 is 1.64 bits per heavy atom. The first kappa shape index (κ1) is 10.7. The van der Waals surface area contributed by atoms with Crippen LogP contribution in [0.2, 0.25) is 0 Å². The Morgan fingerprint density at radius 3 is 3.07 bits per heavy atom. The summed E-state index contributed by atoms with van der Waals surface area (Å²) in [6, 6.07) is 1.20. The molecule has 0 atom stereocenters. The fourth-order valence-electron chi connectivity index (χ4n) is 0.951. The Kier molecular flexibility index (Phi) is 4.07. The molecule has 0 saturated heterocycles. The first-order chi connectivity index (χ1) is 6.77. The van der Waals surface area contributed by atoms with Gasteiger partial charge < -0.3 is 9.84 Å². The maximum absolute atomic E-state index is 12.7. The van der Waals surface area contributed by atoms with Crippen molar-refractivity contribution in [2.75, 3.05) is 6.61 Å². The summed E-state index contributed by atoms with van der Waals surface area (Å²) in [5, 5.41) is 8.89. The monoisotopic (exact) mass is 197 g/mol. The SMILES string of the molecule is C=CCCOc1ncc(F)cc1CO. The zero-order valence-electron chi connectivity index (χ0n) is 7.74. The fraction of sp³-hybridized carbons (Fsp3) is 0.300. The molecule has 0 aliphatic rings. The standard InChI is InChI=1S/C10H12FNO2/c1-2-3-4-14-10-8(7-13)5-9(11)6-12-10/h2,5-6,13H,1,3-4,7H2. The average molecular weight is 197 g/mol. The molecule has 0 radical (unpaired) electrons. The molecule has 0 spiro atoms. The van der Waals surface area contributed by atoms with Gasteiger partial charge in [0.25, 0.3) is 0 Å². The van der Waals surface area contributed by atoms with Gasteiger partial charge in [-0.1, -0.05) is 6.08 Å². The van der Waals surface area contributed by atoms with Crippen LogP contribution in [-0.4, -0.2) is 16.7 Å². The molecule has 1 N–H and O–H groups in total. The van der Waals surface area contributed by atoms with E-state index in [0.717, 1.165) is 6.20 Å². The normalized spacial score (nSPS) is 9.86. The van der Waals surface area contributed by atoms with E-state index in [1.54, 1.807) is 6.08 Å². The largest absolute Gasteiger partial charge is 0.477 e. The Morgan fingerprint density at radius 2 is 2.43 bits per heavy atom. The molecule has 0 saturated carbocycles. The molecule has 14 heavy (non-hydrogen) atoms. The summed E-state index contributed by atoms with van der Waals surface area (Å²) in [6.07, 6.45) is 3.45. The number of pyridine rings is 1. The van der Waals surface area contributed by atoms with E-state index < -0.39 is 5.82 Å². The topological polar surface area (TPSA) is 42.4 Å². The minimum atomic E-state index is -0.481. The predicted molar refractivity (Wildman–Crippen MR) is 50.4 cm³/mol. The minimum absolute atomic E-state index is 0.274. The number of halogens is 1. The highest BCUT2D eigenvalue weighted by atomic mass is 19.1. The highest BCUT2D eigenvalue weighted by Crippen LogP contribution is 2.15. The molecule has 1 aromatic heterocycles. The van der Waals surface area contributed by atoms with Crippen LogP contribution in [0.1, 0.15) is 12.0 Å². The number of aliphatic hydroxyl groups is 1. The van der Waals surface area contributed by atoms with Gasteiger partial charge in [0.05, 0.1) is 19.4 Å². The summed E-state index contributed by atoms with van der Waals surface area (Å²) in [7, 11) is 0. The highest BCUT2D eigenvalue weighted by Gasteiger charge is 2.05. The van der Waals surface area contributed by atoms with Gasteiger partial charge in [0.1, 0.15) is 5.82 Å². The fourth-order valence-corrected chi connectivity index (χ4v) is 0.951. The van der Waals surface area contributed by atoms with E-state index in [2.05, 4.69) is 11.6 Å². The molecule has 0 amide bonds. The molecule has 0 aliphatic carbocycles. The van der Waals surface area contributed by atoms with E-state index >= 15 is 0 Å². The van der Waals surface area contributed by atoms with Crippen molar-refractivity contribution in [1.82, 2.24) is 4.98 Å². The van der Waals surface area contributed by atoms with E-state index in [4.69, 9.17) is 9.84 Å². The van der Waals surface area contributed by atoms with E-state index in [-0.39, 0.29) is 12.5 Å². The quantitative estimate of drug-likeness (QED) is 0.576. The van der Waals surface area contributed by atoms with Gasteiger partial charge in [-0.05, 0) is 12.5 Å². The average Bonchev–Trinajstić information content (AvgIpc) is 2.20. The second-order valence-electron chi connectivity index (χ2n) is 2.70. The van der Waals surface area contributed by atoms with Crippen LogP contribution >= 0.6 is 0 Å². The van der Waals surface area contributed by atoms with Crippen molar-refractivity contribution in [3.63, 3.8) is 0 Å². The zero-order valence-corrected chi connectivity index (χ0v) is 7.74. The molecule has 1 heterocycles. The number of aliphatic hydroxyl groups excluding tert-OH is 1. The van der Waals surface area contributed by atoms with E-state index in [1.165, 1.54) is 6.07 Å². The van der Waals surface area contributed by atoms with Gasteiger partial charge in [0, 0.05) is 5.56 Å². The molecule has 4 heteroatoms. The third-order valence-corrected chi connectivity index (χ3v) is 1.62. The van der Waals surface area contributed by atoms with Gasteiger partial charge in [-0.2, -0.15) is 0 Å². The Bertz CT molecular complexity index is 315. The Labute approximate surface area is 81.9 Å². The van der Waals surface area contributed by atoms with Crippen LogP contribution in [0.3, 0.4) is 0 Å². The molecule has 0 fully saturated rings. The lowest BCUT2D eigenvalue weighted by Crippen LogP contribution is -2.02. The van der Waals surface area contributed by atoms with Crippen molar-refractivity contribution in [3.8, 4) is 5.88 Å². The molecule has 1 aromatic rings. The van der Waals surface area contributed by atoms with Crippen molar-refractivity contribution in [1.29, 1.82) is 0 Å². The third kappa shape index (κ3) is 2.81. The van der Waals surface area contributed by atoms with Crippen molar-refractivity contribution < 1.29 is 14.2 Å². The Hall–Kier alpha value is -1.42. The summed E-state index contributed by atoms with van der Waals surface area (Å²) in [4.78, 5) is 3.73. The number of hydrogen-bond acceptors (Lipinski definition) is 3. The van der Waals surface area contributed by atoms with E-state index in [9.17, 15) is 4.39 Å². The van der Waals surface area contributed by atoms with Crippen molar-refractivity contribution >= 4 is 0 Å². The lowest BCUT2D eigenvalue weighted by molar-refractivity contribution is 0.258. The predicted octanol–water partition coefficient (Wildman–Crippen LogP) is 1.67. The second-order valence-corrected chi connectivity index (χ2v) is 2.70. The van der Waals surface area contributed by atoms with Gasteiger partial charge in [-0.15, -0.1) is 6.58 Å².